The summed E-state index contributed by atoms with van der Waals surface area (Å²) in [6, 6.07) is 8.09. The molecular formula is C13H11BrN2O4. The molecule has 0 radical (unpaired) electrons. The summed E-state index contributed by atoms with van der Waals surface area (Å²) in [6.07, 6.45) is 0. The van der Waals surface area contributed by atoms with Gasteiger partial charge in [0.05, 0.1) is 12.1 Å². The van der Waals surface area contributed by atoms with Crippen molar-refractivity contribution in [2.24, 2.45) is 5.73 Å². The smallest absolute Gasteiger partial charge is 0.371 e. The summed E-state index contributed by atoms with van der Waals surface area (Å²) in [5.41, 5.74) is 6.19. The number of benzene rings is 1. The third-order valence-corrected chi connectivity index (χ3v) is 3.25. The van der Waals surface area contributed by atoms with Gasteiger partial charge in [0.2, 0.25) is 5.76 Å². The number of carbonyl (C=O) groups excluding carboxylic acids is 1. The Labute approximate surface area is 122 Å². The highest BCUT2D eigenvalue weighted by atomic mass is 79.9. The Morgan fingerprint density at radius 1 is 1.30 bits per heavy atom. The molecule has 4 N–H and O–H groups in total. The molecule has 20 heavy (non-hydrogen) atoms. The van der Waals surface area contributed by atoms with E-state index in [0.717, 1.165) is 0 Å². The van der Waals surface area contributed by atoms with Crippen molar-refractivity contribution in [3.63, 3.8) is 0 Å². The van der Waals surface area contributed by atoms with E-state index in [0.29, 0.717) is 21.5 Å². The number of anilines is 1. The molecule has 1 aromatic carbocycles. The van der Waals surface area contributed by atoms with E-state index in [1.807, 2.05) is 0 Å². The molecule has 0 fully saturated rings. The van der Waals surface area contributed by atoms with Crippen LogP contribution >= 0.6 is 15.9 Å². The third kappa shape index (κ3) is 3.00. The first kappa shape index (κ1) is 14.1. The molecule has 6 nitrogen and oxygen atoms in total. The van der Waals surface area contributed by atoms with E-state index in [2.05, 4.69) is 21.2 Å². The fraction of sp³-hybridized carbons (Fsp3) is 0.0769. The number of rotatable bonds is 5. The molecule has 0 saturated heterocycles. The first-order valence-electron chi connectivity index (χ1n) is 5.63. The summed E-state index contributed by atoms with van der Waals surface area (Å²) in [5, 5.41) is 11.7. The van der Waals surface area contributed by atoms with Crippen molar-refractivity contribution >= 4 is 33.5 Å². The molecule has 7 heteroatoms. The van der Waals surface area contributed by atoms with E-state index < -0.39 is 11.9 Å². The molecule has 2 aromatic rings. The summed E-state index contributed by atoms with van der Waals surface area (Å²) < 4.78 is 5.69. The lowest BCUT2D eigenvalue weighted by Gasteiger charge is -2.10. The maximum Gasteiger partial charge on any atom is 0.371 e. The van der Waals surface area contributed by atoms with Gasteiger partial charge in [0, 0.05) is 10.2 Å². The predicted octanol–water partition coefficient (Wildman–Crippen LogP) is 2.45. The summed E-state index contributed by atoms with van der Waals surface area (Å²) in [5.74, 6) is -1.38. The van der Waals surface area contributed by atoms with E-state index in [9.17, 15) is 9.59 Å². The summed E-state index contributed by atoms with van der Waals surface area (Å²) in [6.45, 7) is 0.240. The van der Waals surface area contributed by atoms with Crippen molar-refractivity contribution in [3.05, 3.63) is 51.9 Å². The van der Waals surface area contributed by atoms with Crippen LogP contribution in [0.4, 0.5) is 5.69 Å². The minimum absolute atomic E-state index is 0.133. The van der Waals surface area contributed by atoms with Gasteiger partial charge in [0.25, 0.3) is 5.91 Å². The minimum atomic E-state index is -1.13. The zero-order valence-electron chi connectivity index (χ0n) is 10.2. The quantitative estimate of drug-likeness (QED) is 0.776. The molecule has 1 amide bonds. The maximum absolute atomic E-state index is 11.4. The second-order valence-corrected chi connectivity index (χ2v) is 4.81. The van der Waals surface area contributed by atoms with Crippen LogP contribution in [0, 0.1) is 0 Å². The molecule has 0 spiro atoms. The highest BCUT2D eigenvalue weighted by molar-refractivity contribution is 9.10. The highest BCUT2D eigenvalue weighted by Crippen LogP contribution is 2.25. The Balaban J connectivity index is 2.16. The van der Waals surface area contributed by atoms with Crippen molar-refractivity contribution < 1.29 is 19.1 Å². The van der Waals surface area contributed by atoms with Gasteiger partial charge in [-0.25, -0.2) is 4.79 Å². The van der Waals surface area contributed by atoms with Gasteiger partial charge in [-0.2, -0.15) is 0 Å². The number of hydrogen-bond donors (Lipinski definition) is 3. The summed E-state index contributed by atoms with van der Waals surface area (Å²) in [4.78, 5) is 22.1. The number of primary amides is 1. The van der Waals surface area contributed by atoms with Crippen molar-refractivity contribution in [2.75, 3.05) is 5.32 Å². The Hall–Kier alpha value is -2.28. The maximum atomic E-state index is 11.4. The molecule has 2 rings (SSSR count). The van der Waals surface area contributed by atoms with Crippen LogP contribution in [-0.4, -0.2) is 17.0 Å². The lowest BCUT2D eigenvalue weighted by molar-refractivity contribution is 0.0660. The van der Waals surface area contributed by atoms with Gasteiger partial charge in [-0.3, -0.25) is 4.79 Å². The van der Waals surface area contributed by atoms with Gasteiger partial charge >= 0.3 is 5.97 Å². The van der Waals surface area contributed by atoms with Gasteiger partial charge in [-0.15, -0.1) is 0 Å². The number of amides is 1. The largest absolute Gasteiger partial charge is 0.475 e. The molecule has 1 heterocycles. The molecule has 0 bridgehead atoms. The number of aromatic carboxylic acids is 1. The summed E-state index contributed by atoms with van der Waals surface area (Å²) in [7, 11) is 0. The van der Waals surface area contributed by atoms with Crippen LogP contribution in [0.3, 0.4) is 0 Å². The number of carboxylic acids is 1. The van der Waals surface area contributed by atoms with Crippen LogP contribution < -0.4 is 11.1 Å². The Morgan fingerprint density at radius 3 is 2.65 bits per heavy atom. The Bertz CT molecular complexity index is 666. The minimum Gasteiger partial charge on any atom is -0.475 e. The molecule has 0 aliphatic carbocycles. The van der Waals surface area contributed by atoms with E-state index in [1.54, 1.807) is 24.3 Å². The second kappa shape index (κ2) is 5.79. The molecule has 0 aliphatic heterocycles. The zero-order valence-corrected chi connectivity index (χ0v) is 11.8. The Morgan fingerprint density at radius 2 is 2.05 bits per heavy atom. The van der Waals surface area contributed by atoms with Crippen LogP contribution in [0.2, 0.25) is 0 Å². The standard InChI is InChI=1S/C13H11BrN2O4/c14-8-2-1-3-9(11(8)12(15)17)16-6-7-4-5-10(20-7)13(18)19/h1-5,16H,6H2,(H2,15,17)(H,18,19). The van der Waals surface area contributed by atoms with Crippen LogP contribution in [0.15, 0.2) is 39.2 Å². The van der Waals surface area contributed by atoms with Crippen LogP contribution in [0.5, 0.6) is 0 Å². The average molecular weight is 339 g/mol. The SMILES string of the molecule is NC(=O)c1c(Br)cccc1NCc1ccc(C(=O)O)o1. The van der Waals surface area contributed by atoms with Gasteiger partial charge in [0.1, 0.15) is 5.76 Å². The van der Waals surface area contributed by atoms with Crippen molar-refractivity contribution in [2.45, 2.75) is 6.54 Å². The number of furan rings is 1. The van der Waals surface area contributed by atoms with E-state index in [-0.39, 0.29) is 12.3 Å². The van der Waals surface area contributed by atoms with Gasteiger partial charge in [-0.05, 0) is 40.2 Å². The average Bonchev–Trinajstić information content (AvgIpc) is 2.84. The number of halogens is 1. The zero-order chi connectivity index (χ0) is 14.7. The lowest BCUT2D eigenvalue weighted by atomic mass is 10.1. The van der Waals surface area contributed by atoms with Crippen LogP contribution in [0.25, 0.3) is 0 Å². The summed E-state index contributed by atoms with van der Waals surface area (Å²) >= 11 is 3.26. The lowest BCUT2D eigenvalue weighted by Crippen LogP contribution is -2.15. The molecule has 0 aliphatic rings. The van der Waals surface area contributed by atoms with E-state index >= 15 is 0 Å². The molecule has 0 saturated carbocycles. The molecule has 0 unspecified atom stereocenters. The van der Waals surface area contributed by atoms with E-state index in [4.69, 9.17) is 15.3 Å². The highest BCUT2D eigenvalue weighted by Gasteiger charge is 2.13. The number of hydrogen-bond acceptors (Lipinski definition) is 4. The van der Waals surface area contributed by atoms with Crippen LogP contribution in [-0.2, 0) is 6.54 Å². The van der Waals surface area contributed by atoms with Crippen molar-refractivity contribution in [1.82, 2.24) is 0 Å². The van der Waals surface area contributed by atoms with Gasteiger partial charge < -0.3 is 20.6 Å². The normalized spacial score (nSPS) is 10.2. The first-order valence-corrected chi connectivity index (χ1v) is 6.42. The van der Waals surface area contributed by atoms with Crippen molar-refractivity contribution in [3.8, 4) is 0 Å². The van der Waals surface area contributed by atoms with Crippen LogP contribution in [0.1, 0.15) is 26.7 Å². The van der Waals surface area contributed by atoms with Crippen molar-refractivity contribution in [1.29, 1.82) is 0 Å². The van der Waals surface area contributed by atoms with Gasteiger partial charge in [0.15, 0.2) is 0 Å². The third-order valence-electron chi connectivity index (χ3n) is 2.59. The monoisotopic (exact) mass is 338 g/mol. The molecular weight excluding hydrogens is 328 g/mol. The number of carboxylic acid groups (broad SMARTS) is 1. The fourth-order valence-electron chi connectivity index (χ4n) is 1.69. The number of nitrogens with two attached hydrogens (primary N) is 1. The van der Waals surface area contributed by atoms with Gasteiger partial charge in [-0.1, -0.05) is 6.07 Å². The fourth-order valence-corrected chi connectivity index (χ4v) is 2.25. The first-order chi connectivity index (χ1) is 9.49. The molecule has 1 aromatic heterocycles. The second-order valence-electron chi connectivity index (χ2n) is 3.95. The number of nitrogens with one attached hydrogen (secondary N) is 1. The Kier molecular flexibility index (Phi) is 4.09. The molecule has 0 atom stereocenters. The number of carbonyl (C=O) groups is 2. The van der Waals surface area contributed by atoms with E-state index in [1.165, 1.54) is 6.07 Å². The predicted molar refractivity (Wildman–Crippen MR) is 75.7 cm³/mol. The molecule has 104 valence electrons. The topological polar surface area (TPSA) is 106 Å².